The molecule has 1 aliphatic carbocycles. The summed E-state index contributed by atoms with van der Waals surface area (Å²) in [6.45, 7) is 2.53. The summed E-state index contributed by atoms with van der Waals surface area (Å²) in [6, 6.07) is 0. The first-order chi connectivity index (χ1) is 5.41. The van der Waals surface area contributed by atoms with Gasteiger partial charge in [0, 0.05) is 18.8 Å². The lowest BCUT2D eigenvalue weighted by Crippen LogP contribution is -2.42. The largest absolute Gasteiger partial charge is 0.315 e. The molecule has 1 spiro atoms. The van der Waals surface area contributed by atoms with Crippen molar-refractivity contribution in [2.75, 3.05) is 24.6 Å². The predicted octanol–water partition coefficient (Wildman–Crippen LogP) is 1.88. The molecule has 1 saturated heterocycles. The van der Waals surface area contributed by atoms with Gasteiger partial charge < -0.3 is 5.32 Å². The number of hydrogen-bond acceptors (Lipinski definition) is 2. The minimum Gasteiger partial charge on any atom is -0.315 e. The second-order valence-electron chi connectivity index (χ2n) is 3.89. The molecule has 1 N–H and O–H groups in total. The summed E-state index contributed by atoms with van der Waals surface area (Å²) in [6.07, 6.45) is 5.91. The van der Waals surface area contributed by atoms with Gasteiger partial charge in [0.05, 0.1) is 0 Å². The lowest BCUT2D eigenvalue weighted by molar-refractivity contribution is 0.126. The molecule has 1 heterocycles. The standard InChI is InChI=1S/C9H17NS/c1-2-9(3-1)4-6-11-7-5-10-8-9/h10H,1-8H2. The molecule has 0 radical (unpaired) electrons. The number of nitrogens with one attached hydrogen (secondary N) is 1. The molecule has 64 valence electrons. The summed E-state index contributed by atoms with van der Waals surface area (Å²) in [5.74, 6) is 2.72. The number of rotatable bonds is 0. The fraction of sp³-hybridized carbons (Fsp3) is 1.00. The van der Waals surface area contributed by atoms with E-state index in [4.69, 9.17) is 0 Å². The summed E-state index contributed by atoms with van der Waals surface area (Å²) in [5, 5.41) is 3.56. The summed E-state index contributed by atoms with van der Waals surface area (Å²) < 4.78 is 0. The third kappa shape index (κ3) is 1.73. The Kier molecular flexibility index (Phi) is 2.42. The van der Waals surface area contributed by atoms with E-state index in [0.29, 0.717) is 0 Å². The molecule has 2 heteroatoms. The van der Waals surface area contributed by atoms with Crippen LogP contribution in [0.4, 0.5) is 0 Å². The van der Waals surface area contributed by atoms with E-state index in [1.807, 2.05) is 0 Å². The minimum atomic E-state index is 0.743. The second-order valence-corrected chi connectivity index (χ2v) is 5.12. The van der Waals surface area contributed by atoms with Gasteiger partial charge in [-0.1, -0.05) is 6.42 Å². The van der Waals surface area contributed by atoms with Gasteiger partial charge in [-0.15, -0.1) is 0 Å². The molecule has 11 heavy (non-hydrogen) atoms. The predicted molar refractivity (Wildman–Crippen MR) is 51.1 cm³/mol. The third-order valence-corrected chi connectivity index (χ3v) is 4.10. The van der Waals surface area contributed by atoms with Gasteiger partial charge in [-0.25, -0.2) is 0 Å². The van der Waals surface area contributed by atoms with Crippen LogP contribution in [0.2, 0.25) is 0 Å². The molecule has 0 atom stereocenters. The molecule has 0 amide bonds. The van der Waals surface area contributed by atoms with Crippen molar-refractivity contribution < 1.29 is 0 Å². The topological polar surface area (TPSA) is 12.0 Å². The molecule has 0 bridgehead atoms. The average molecular weight is 171 g/mol. The molecule has 1 saturated carbocycles. The highest BCUT2D eigenvalue weighted by atomic mass is 32.2. The van der Waals surface area contributed by atoms with Gasteiger partial charge in [0.1, 0.15) is 0 Å². The summed E-state index contributed by atoms with van der Waals surface area (Å²) in [5.41, 5.74) is 0.743. The van der Waals surface area contributed by atoms with Crippen molar-refractivity contribution in [3.63, 3.8) is 0 Å². The van der Waals surface area contributed by atoms with Gasteiger partial charge in [-0.2, -0.15) is 11.8 Å². The van der Waals surface area contributed by atoms with Crippen molar-refractivity contribution in [1.82, 2.24) is 5.32 Å². The van der Waals surface area contributed by atoms with Crippen LogP contribution in [0.15, 0.2) is 0 Å². The summed E-state index contributed by atoms with van der Waals surface area (Å²) in [7, 11) is 0. The monoisotopic (exact) mass is 171 g/mol. The Morgan fingerprint density at radius 2 is 2.00 bits per heavy atom. The smallest absolute Gasteiger partial charge is 0.00581 e. The molecule has 0 aromatic heterocycles. The summed E-state index contributed by atoms with van der Waals surface area (Å²) >= 11 is 2.12. The molecular weight excluding hydrogens is 154 g/mol. The maximum Gasteiger partial charge on any atom is 0.00581 e. The molecule has 0 aromatic rings. The molecule has 1 aliphatic heterocycles. The van der Waals surface area contributed by atoms with Gasteiger partial charge in [-0.05, 0) is 30.4 Å². The van der Waals surface area contributed by atoms with E-state index in [1.54, 1.807) is 0 Å². The first-order valence-electron chi connectivity index (χ1n) is 4.70. The molecule has 2 aliphatic rings. The highest BCUT2D eigenvalue weighted by molar-refractivity contribution is 7.99. The van der Waals surface area contributed by atoms with Crippen molar-refractivity contribution in [2.24, 2.45) is 5.41 Å². The zero-order chi connectivity index (χ0) is 7.57. The summed E-state index contributed by atoms with van der Waals surface area (Å²) in [4.78, 5) is 0. The highest BCUT2D eigenvalue weighted by Gasteiger charge is 2.36. The Bertz CT molecular complexity index is 122. The van der Waals surface area contributed by atoms with E-state index in [9.17, 15) is 0 Å². The maximum atomic E-state index is 3.56. The lowest BCUT2D eigenvalue weighted by atomic mass is 9.67. The van der Waals surface area contributed by atoms with Crippen LogP contribution in [0.1, 0.15) is 25.7 Å². The molecule has 0 unspecified atom stereocenters. The van der Waals surface area contributed by atoms with Crippen molar-refractivity contribution in [2.45, 2.75) is 25.7 Å². The molecule has 2 rings (SSSR count). The minimum absolute atomic E-state index is 0.743. The number of hydrogen-bond donors (Lipinski definition) is 1. The van der Waals surface area contributed by atoms with Gasteiger partial charge >= 0.3 is 0 Å². The van der Waals surface area contributed by atoms with Crippen molar-refractivity contribution >= 4 is 11.8 Å². The quantitative estimate of drug-likeness (QED) is 0.597. The first-order valence-corrected chi connectivity index (χ1v) is 5.85. The molecule has 2 fully saturated rings. The second kappa shape index (κ2) is 3.36. The number of thioether (sulfide) groups is 1. The first kappa shape index (κ1) is 7.93. The third-order valence-electron chi connectivity index (χ3n) is 3.11. The fourth-order valence-electron chi connectivity index (χ4n) is 2.08. The Hall–Kier alpha value is 0.310. The van der Waals surface area contributed by atoms with Crippen molar-refractivity contribution in [1.29, 1.82) is 0 Å². The Balaban J connectivity index is 1.86. The van der Waals surface area contributed by atoms with Gasteiger partial charge in [-0.3, -0.25) is 0 Å². The normalized spacial score (nSPS) is 30.5. The van der Waals surface area contributed by atoms with E-state index < -0.39 is 0 Å². The van der Waals surface area contributed by atoms with Crippen LogP contribution >= 0.6 is 11.8 Å². The molecule has 0 aromatic carbocycles. The van der Waals surface area contributed by atoms with Crippen LogP contribution in [0.25, 0.3) is 0 Å². The van der Waals surface area contributed by atoms with E-state index in [-0.39, 0.29) is 0 Å². The maximum absolute atomic E-state index is 3.56. The van der Waals surface area contributed by atoms with Gasteiger partial charge in [0.2, 0.25) is 0 Å². The van der Waals surface area contributed by atoms with E-state index in [2.05, 4.69) is 17.1 Å². The van der Waals surface area contributed by atoms with Crippen LogP contribution in [-0.4, -0.2) is 24.6 Å². The van der Waals surface area contributed by atoms with E-state index in [0.717, 1.165) is 5.41 Å². The Morgan fingerprint density at radius 3 is 2.73 bits per heavy atom. The lowest BCUT2D eigenvalue weighted by Gasteiger charge is -2.43. The van der Waals surface area contributed by atoms with Crippen LogP contribution in [0.5, 0.6) is 0 Å². The van der Waals surface area contributed by atoms with Crippen molar-refractivity contribution in [3.05, 3.63) is 0 Å². The van der Waals surface area contributed by atoms with Crippen LogP contribution < -0.4 is 5.32 Å². The zero-order valence-corrected chi connectivity index (χ0v) is 7.88. The van der Waals surface area contributed by atoms with Crippen LogP contribution in [0.3, 0.4) is 0 Å². The van der Waals surface area contributed by atoms with Crippen LogP contribution in [-0.2, 0) is 0 Å². The van der Waals surface area contributed by atoms with Crippen LogP contribution in [0, 0.1) is 5.41 Å². The average Bonchev–Trinajstić information content (AvgIpc) is 1.82. The van der Waals surface area contributed by atoms with Crippen molar-refractivity contribution in [3.8, 4) is 0 Å². The molecule has 1 nitrogen and oxygen atoms in total. The van der Waals surface area contributed by atoms with Gasteiger partial charge in [0.25, 0.3) is 0 Å². The highest BCUT2D eigenvalue weighted by Crippen LogP contribution is 2.44. The van der Waals surface area contributed by atoms with E-state index in [1.165, 1.54) is 50.3 Å². The van der Waals surface area contributed by atoms with E-state index >= 15 is 0 Å². The fourth-order valence-corrected chi connectivity index (χ4v) is 3.15. The SMILES string of the molecule is C1CC2(C1)CCSCCNC2. The Morgan fingerprint density at radius 1 is 1.09 bits per heavy atom. The zero-order valence-electron chi connectivity index (χ0n) is 7.07. The molecular formula is C9H17NS. The Labute approximate surface area is 73.3 Å². The van der Waals surface area contributed by atoms with Gasteiger partial charge in [0.15, 0.2) is 0 Å².